The summed E-state index contributed by atoms with van der Waals surface area (Å²) >= 11 is 6.12. The van der Waals surface area contributed by atoms with E-state index >= 15 is 0 Å². The van der Waals surface area contributed by atoms with Crippen LogP contribution >= 0.6 is 11.6 Å². The first-order valence-electron chi connectivity index (χ1n) is 10.6. The molecule has 7 nitrogen and oxygen atoms in total. The van der Waals surface area contributed by atoms with Gasteiger partial charge >= 0.3 is 0 Å². The van der Waals surface area contributed by atoms with Gasteiger partial charge in [-0.25, -0.2) is 4.39 Å². The van der Waals surface area contributed by atoms with Crippen molar-refractivity contribution < 1.29 is 18.7 Å². The maximum Gasteiger partial charge on any atom is 0.271 e. The molecule has 4 rings (SSSR count). The molecule has 0 aliphatic carbocycles. The second-order valence-electron chi connectivity index (χ2n) is 7.64. The van der Waals surface area contributed by atoms with Crippen LogP contribution in [-0.4, -0.2) is 22.8 Å². The number of anilines is 1. The highest BCUT2D eigenvalue weighted by molar-refractivity contribution is 6.31. The van der Waals surface area contributed by atoms with Gasteiger partial charge in [-0.3, -0.25) is 9.59 Å². The number of nitrogens with zero attached hydrogens (tertiary/aromatic N) is 2. The summed E-state index contributed by atoms with van der Waals surface area (Å²) in [5, 5.41) is 7.56. The van der Waals surface area contributed by atoms with Crippen molar-refractivity contribution in [1.82, 2.24) is 9.78 Å². The topological polar surface area (TPSA) is 82.4 Å². The van der Waals surface area contributed by atoms with E-state index < -0.39 is 0 Å². The number of nitrogens with one attached hydrogen (secondary N) is 1. The van der Waals surface area contributed by atoms with Crippen molar-refractivity contribution >= 4 is 23.2 Å². The molecule has 1 amide bonds. The molecule has 0 aliphatic rings. The predicted octanol–water partition coefficient (Wildman–Crippen LogP) is 5.17. The molecule has 0 aliphatic heterocycles. The number of hydrogen-bond donors (Lipinski definition) is 1. The van der Waals surface area contributed by atoms with Crippen molar-refractivity contribution in [2.24, 2.45) is 0 Å². The van der Waals surface area contributed by atoms with Gasteiger partial charge in [-0.1, -0.05) is 23.7 Å². The molecule has 3 aromatic carbocycles. The maximum atomic E-state index is 13.4. The molecule has 0 saturated carbocycles. The highest BCUT2D eigenvalue weighted by Crippen LogP contribution is 2.31. The summed E-state index contributed by atoms with van der Waals surface area (Å²) in [6.07, 6.45) is 0. The van der Waals surface area contributed by atoms with Crippen LogP contribution in [0.25, 0.3) is 5.69 Å². The number of hydrogen-bond acceptors (Lipinski definition) is 5. The lowest BCUT2D eigenvalue weighted by Gasteiger charge is -2.13. The lowest BCUT2D eigenvalue weighted by Crippen LogP contribution is -2.21. The highest BCUT2D eigenvalue weighted by atomic mass is 35.5. The van der Waals surface area contributed by atoms with Crippen molar-refractivity contribution in [2.75, 3.05) is 12.4 Å². The molecule has 1 heterocycles. The van der Waals surface area contributed by atoms with Crippen LogP contribution in [0.4, 0.5) is 10.1 Å². The van der Waals surface area contributed by atoms with Gasteiger partial charge in [0.25, 0.3) is 11.5 Å². The molecular weight excluding hydrogens is 473 g/mol. The van der Waals surface area contributed by atoms with Crippen LogP contribution in [0.5, 0.6) is 11.6 Å². The van der Waals surface area contributed by atoms with Crippen molar-refractivity contribution in [2.45, 2.75) is 13.5 Å². The molecule has 9 heteroatoms. The van der Waals surface area contributed by atoms with Crippen molar-refractivity contribution in [1.29, 1.82) is 0 Å². The van der Waals surface area contributed by atoms with E-state index in [1.807, 2.05) is 6.92 Å². The first-order chi connectivity index (χ1) is 16.8. The number of amides is 1. The number of halogens is 2. The monoisotopic (exact) mass is 493 g/mol. The number of carbonyl (C=O) groups excluding carboxylic acids is 1. The molecule has 0 fully saturated rings. The summed E-state index contributed by atoms with van der Waals surface area (Å²) < 4.78 is 25.4. The molecule has 35 heavy (non-hydrogen) atoms. The number of aryl methyl sites for hydroxylation is 1. The first kappa shape index (κ1) is 24.0. The van der Waals surface area contributed by atoms with E-state index in [0.717, 1.165) is 10.2 Å². The SMILES string of the molecule is COc1cc(Cl)c(C)cc1NC(=O)c1ccc(-n2nc(OCc3cccc(F)c3)ccc2=O)cc1. The Labute approximate surface area is 205 Å². The fourth-order valence-corrected chi connectivity index (χ4v) is 3.47. The van der Waals surface area contributed by atoms with Gasteiger partial charge in [0.15, 0.2) is 0 Å². The average molecular weight is 494 g/mol. The van der Waals surface area contributed by atoms with Gasteiger partial charge in [-0.2, -0.15) is 4.68 Å². The third kappa shape index (κ3) is 5.67. The Kier molecular flexibility index (Phi) is 7.12. The molecule has 4 aromatic rings. The lowest BCUT2D eigenvalue weighted by molar-refractivity contribution is 0.102. The Bertz CT molecular complexity index is 1440. The van der Waals surface area contributed by atoms with E-state index in [4.69, 9.17) is 21.1 Å². The second-order valence-corrected chi connectivity index (χ2v) is 8.05. The van der Waals surface area contributed by atoms with Gasteiger partial charge < -0.3 is 14.8 Å². The molecule has 0 atom stereocenters. The van der Waals surface area contributed by atoms with Gasteiger partial charge in [0.05, 0.1) is 18.5 Å². The van der Waals surface area contributed by atoms with E-state index in [1.54, 1.807) is 48.5 Å². The van der Waals surface area contributed by atoms with Gasteiger partial charge in [0, 0.05) is 28.8 Å². The van der Waals surface area contributed by atoms with Crippen LogP contribution in [0.15, 0.2) is 77.6 Å². The second kappa shape index (κ2) is 10.4. The van der Waals surface area contributed by atoms with Gasteiger partial charge in [0.2, 0.25) is 5.88 Å². The van der Waals surface area contributed by atoms with E-state index in [1.165, 1.54) is 31.4 Å². The minimum absolute atomic E-state index is 0.0930. The quantitative estimate of drug-likeness (QED) is 0.384. The van der Waals surface area contributed by atoms with E-state index in [9.17, 15) is 14.0 Å². The zero-order chi connectivity index (χ0) is 24.9. The van der Waals surface area contributed by atoms with Crippen LogP contribution < -0.4 is 20.3 Å². The summed E-state index contributed by atoms with van der Waals surface area (Å²) in [5.41, 5.74) is 2.36. The Morgan fingerprint density at radius 2 is 1.86 bits per heavy atom. The molecule has 0 saturated heterocycles. The Morgan fingerprint density at radius 1 is 1.09 bits per heavy atom. The number of ether oxygens (including phenoxy) is 2. The minimum Gasteiger partial charge on any atom is -0.495 e. The summed E-state index contributed by atoms with van der Waals surface area (Å²) in [6, 6.07) is 18.5. The fraction of sp³-hybridized carbons (Fsp3) is 0.115. The summed E-state index contributed by atoms with van der Waals surface area (Å²) in [7, 11) is 1.49. The summed E-state index contributed by atoms with van der Waals surface area (Å²) in [6.45, 7) is 1.92. The van der Waals surface area contributed by atoms with Gasteiger partial charge in [0.1, 0.15) is 18.2 Å². The molecule has 0 unspecified atom stereocenters. The molecular formula is C26H21ClFN3O4. The highest BCUT2D eigenvalue weighted by Gasteiger charge is 2.13. The standard InChI is InChI=1S/C26H21ClFN3O4/c1-16-12-22(23(34-2)14-21(16)27)29-26(33)18-6-8-20(9-7-18)31-25(32)11-10-24(30-31)35-15-17-4-3-5-19(28)13-17/h3-14H,15H2,1-2H3,(H,29,33). The van der Waals surface area contributed by atoms with Crippen LogP contribution in [0.1, 0.15) is 21.5 Å². The van der Waals surface area contributed by atoms with Crippen LogP contribution in [-0.2, 0) is 6.61 Å². The number of benzene rings is 3. The Balaban J connectivity index is 1.50. The Morgan fingerprint density at radius 3 is 2.57 bits per heavy atom. The van der Waals surface area contributed by atoms with E-state index in [2.05, 4.69) is 10.4 Å². The largest absolute Gasteiger partial charge is 0.495 e. The summed E-state index contributed by atoms with van der Waals surface area (Å²) in [4.78, 5) is 25.1. The zero-order valence-corrected chi connectivity index (χ0v) is 19.7. The predicted molar refractivity (Wildman–Crippen MR) is 131 cm³/mol. The molecule has 178 valence electrons. The molecule has 1 aromatic heterocycles. The zero-order valence-electron chi connectivity index (χ0n) is 18.9. The average Bonchev–Trinajstić information content (AvgIpc) is 2.85. The van der Waals surface area contributed by atoms with E-state index in [-0.39, 0.29) is 29.8 Å². The van der Waals surface area contributed by atoms with Gasteiger partial charge in [-0.15, -0.1) is 5.10 Å². The van der Waals surface area contributed by atoms with Crippen LogP contribution in [0.3, 0.4) is 0 Å². The molecule has 0 radical (unpaired) electrons. The van der Waals surface area contributed by atoms with Crippen molar-refractivity contribution in [3.63, 3.8) is 0 Å². The smallest absolute Gasteiger partial charge is 0.271 e. The third-order valence-electron chi connectivity index (χ3n) is 5.15. The van der Waals surface area contributed by atoms with Gasteiger partial charge in [-0.05, 0) is 60.5 Å². The summed E-state index contributed by atoms with van der Waals surface area (Å²) in [5.74, 6) is -0.0842. The van der Waals surface area contributed by atoms with E-state index in [0.29, 0.717) is 33.3 Å². The van der Waals surface area contributed by atoms with Crippen molar-refractivity contribution in [3.8, 4) is 17.3 Å². The first-order valence-corrected chi connectivity index (χ1v) is 11.0. The Hall–Kier alpha value is -4.17. The lowest BCUT2D eigenvalue weighted by atomic mass is 10.1. The van der Waals surface area contributed by atoms with Crippen molar-refractivity contribution in [3.05, 3.63) is 111 Å². The number of carbonyl (C=O) groups is 1. The molecule has 1 N–H and O–H groups in total. The van der Waals surface area contributed by atoms with Crippen LogP contribution in [0, 0.1) is 12.7 Å². The minimum atomic E-state index is -0.373. The number of aromatic nitrogens is 2. The molecule has 0 bridgehead atoms. The fourth-order valence-electron chi connectivity index (χ4n) is 3.32. The molecule has 0 spiro atoms. The van der Waals surface area contributed by atoms with Crippen LogP contribution in [0.2, 0.25) is 5.02 Å². The third-order valence-corrected chi connectivity index (χ3v) is 5.56. The number of rotatable bonds is 7. The number of methoxy groups -OCH3 is 1. The normalized spacial score (nSPS) is 10.6. The maximum absolute atomic E-state index is 13.4.